The molecular weight excluding hydrogens is 592 g/mol. The molecule has 0 fully saturated rings. The Kier molecular flexibility index (Phi) is 7.53. The number of carboxylic acids is 4. The number of carboxylic acid groups (broad SMARTS) is 4. The first-order valence-corrected chi connectivity index (χ1v) is 13.7. The Bertz CT molecular complexity index is 2070. The SMILES string of the molecule is O=C(O)c1ccc(-c2ccc(C(=O)O)c(C(=O)O)c2Oc2cccc3ccccc23)c(Oc2cccc3ccccc23)c1C(=O)O. The summed E-state index contributed by atoms with van der Waals surface area (Å²) in [6.45, 7) is 0. The number of fused-ring (bicyclic) bond motifs is 2. The third kappa shape index (κ3) is 5.20. The Morgan fingerprint density at radius 1 is 0.413 bits per heavy atom. The van der Waals surface area contributed by atoms with Crippen LogP contribution in [0.15, 0.2) is 109 Å². The quantitative estimate of drug-likeness (QED) is 0.125. The Balaban J connectivity index is 1.69. The van der Waals surface area contributed by atoms with Gasteiger partial charge in [-0.2, -0.15) is 0 Å². The monoisotopic (exact) mass is 614 g/mol. The minimum Gasteiger partial charge on any atom is -0.478 e. The van der Waals surface area contributed by atoms with E-state index in [4.69, 9.17) is 9.47 Å². The zero-order valence-corrected chi connectivity index (χ0v) is 23.6. The molecule has 6 rings (SSSR count). The molecule has 0 aliphatic heterocycles. The van der Waals surface area contributed by atoms with Gasteiger partial charge < -0.3 is 29.9 Å². The molecule has 0 aromatic heterocycles. The maximum Gasteiger partial charge on any atom is 0.340 e. The predicted octanol–water partition coefficient (Wildman–Crippen LogP) is 8.04. The van der Waals surface area contributed by atoms with E-state index < -0.39 is 57.6 Å². The summed E-state index contributed by atoms with van der Waals surface area (Å²) in [5, 5.41) is 43.1. The number of benzene rings is 6. The van der Waals surface area contributed by atoms with E-state index in [2.05, 4.69) is 0 Å². The lowest BCUT2D eigenvalue weighted by atomic mass is 9.93. The van der Waals surface area contributed by atoms with Crippen LogP contribution in [0.4, 0.5) is 0 Å². The van der Waals surface area contributed by atoms with E-state index in [-0.39, 0.29) is 22.6 Å². The van der Waals surface area contributed by atoms with Crippen molar-refractivity contribution in [1.82, 2.24) is 0 Å². The van der Waals surface area contributed by atoms with Crippen LogP contribution in [0.25, 0.3) is 32.7 Å². The molecule has 0 spiro atoms. The molecule has 0 aliphatic carbocycles. The van der Waals surface area contributed by atoms with Crippen molar-refractivity contribution >= 4 is 45.4 Å². The summed E-state index contributed by atoms with van der Waals surface area (Å²) < 4.78 is 12.5. The van der Waals surface area contributed by atoms with Crippen LogP contribution in [-0.4, -0.2) is 44.3 Å². The van der Waals surface area contributed by atoms with Gasteiger partial charge in [-0.1, -0.05) is 72.8 Å². The van der Waals surface area contributed by atoms with Gasteiger partial charge in [0.2, 0.25) is 0 Å². The van der Waals surface area contributed by atoms with Crippen LogP contribution in [0.2, 0.25) is 0 Å². The highest BCUT2D eigenvalue weighted by Crippen LogP contribution is 2.47. The molecule has 0 radical (unpaired) electrons. The normalized spacial score (nSPS) is 10.9. The lowest BCUT2D eigenvalue weighted by Crippen LogP contribution is -2.13. The second-order valence-corrected chi connectivity index (χ2v) is 10.1. The molecule has 0 saturated carbocycles. The van der Waals surface area contributed by atoms with Crippen LogP contribution >= 0.6 is 0 Å². The van der Waals surface area contributed by atoms with Crippen LogP contribution in [0.1, 0.15) is 41.4 Å². The summed E-state index contributed by atoms with van der Waals surface area (Å²) in [5.74, 6) is -6.74. The number of rotatable bonds is 9. The number of ether oxygens (including phenoxy) is 2. The molecule has 226 valence electrons. The number of carbonyl (C=O) groups is 4. The Morgan fingerprint density at radius 3 is 1.15 bits per heavy atom. The first-order chi connectivity index (χ1) is 22.2. The van der Waals surface area contributed by atoms with Crippen molar-refractivity contribution in [3.63, 3.8) is 0 Å². The summed E-state index contributed by atoms with van der Waals surface area (Å²) in [7, 11) is 0. The van der Waals surface area contributed by atoms with Gasteiger partial charge in [-0.3, -0.25) is 0 Å². The number of aromatic carboxylic acids is 4. The first kappa shape index (κ1) is 29.4. The highest BCUT2D eigenvalue weighted by molar-refractivity contribution is 6.09. The second kappa shape index (κ2) is 11.8. The first-order valence-electron chi connectivity index (χ1n) is 13.7. The van der Waals surface area contributed by atoms with Crippen molar-refractivity contribution in [2.75, 3.05) is 0 Å². The van der Waals surface area contributed by atoms with Gasteiger partial charge in [0.05, 0.1) is 11.1 Å². The Morgan fingerprint density at radius 2 is 0.783 bits per heavy atom. The smallest absolute Gasteiger partial charge is 0.340 e. The molecule has 0 amide bonds. The van der Waals surface area contributed by atoms with E-state index in [1.54, 1.807) is 60.7 Å². The zero-order valence-electron chi connectivity index (χ0n) is 23.6. The number of hydrogen-bond donors (Lipinski definition) is 4. The maximum absolute atomic E-state index is 12.7. The molecule has 0 unspecified atom stereocenters. The molecule has 0 heterocycles. The Hall–Kier alpha value is -6.68. The molecule has 0 atom stereocenters. The average Bonchev–Trinajstić information content (AvgIpc) is 3.04. The molecule has 6 aromatic rings. The van der Waals surface area contributed by atoms with Crippen molar-refractivity contribution in [1.29, 1.82) is 0 Å². The molecule has 0 bridgehead atoms. The molecule has 6 aromatic carbocycles. The lowest BCUT2D eigenvalue weighted by Gasteiger charge is -2.21. The van der Waals surface area contributed by atoms with E-state index in [1.807, 2.05) is 24.3 Å². The van der Waals surface area contributed by atoms with Gasteiger partial charge in [-0.15, -0.1) is 0 Å². The fourth-order valence-corrected chi connectivity index (χ4v) is 5.37. The van der Waals surface area contributed by atoms with Crippen LogP contribution in [0.3, 0.4) is 0 Å². The molecule has 0 saturated heterocycles. The fraction of sp³-hybridized carbons (Fsp3) is 0. The highest BCUT2D eigenvalue weighted by atomic mass is 16.5. The van der Waals surface area contributed by atoms with Crippen LogP contribution in [-0.2, 0) is 0 Å². The zero-order chi connectivity index (χ0) is 32.5. The Labute approximate surface area is 259 Å². The number of hydrogen-bond acceptors (Lipinski definition) is 6. The molecule has 0 aliphatic rings. The van der Waals surface area contributed by atoms with Gasteiger partial charge in [0.25, 0.3) is 0 Å². The average molecular weight is 615 g/mol. The van der Waals surface area contributed by atoms with E-state index in [0.717, 1.165) is 22.9 Å². The van der Waals surface area contributed by atoms with Crippen molar-refractivity contribution < 1.29 is 49.1 Å². The third-order valence-electron chi connectivity index (χ3n) is 7.42. The van der Waals surface area contributed by atoms with Gasteiger partial charge in [0, 0.05) is 21.9 Å². The summed E-state index contributed by atoms with van der Waals surface area (Å²) in [4.78, 5) is 49.8. The highest BCUT2D eigenvalue weighted by Gasteiger charge is 2.31. The van der Waals surface area contributed by atoms with E-state index >= 15 is 0 Å². The van der Waals surface area contributed by atoms with Crippen LogP contribution in [0, 0.1) is 0 Å². The minimum atomic E-state index is -1.62. The lowest BCUT2D eigenvalue weighted by molar-refractivity contribution is 0.0648. The van der Waals surface area contributed by atoms with Gasteiger partial charge >= 0.3 is 23.9 Å². The molecule has 46 heavy (non-hydrogen) atoms. The molecule has 4 N–H and O–H groups in total. The molecular formula is C36H22O10. The van der Waals surface area contributed by atoms with Crippen LogP contribution < -0.4 is 9.47 Å². The van der Waals surface area contributed by atoms with E-state index in [9.17, 15) is 39.6 Å². The second-order valence-electron chi connectivity index (χ2n) is 10.1. The fourth-order valence-electron chi connectivity index (χ4n) is 5.37. The predicted molar refractivity (Wildman–Crippen MR) is 168 cm³/mol. The van der Waals surface area contributed by atoms with Crippen molar-refractivity contribution in [2.45, 2.75) is 0 Å². The van der Waals surface area contributed by atoms with E-state index in [0.29, 0.717) is 10.8 Å². The van der Waals surface area contributed by atoms with Gasteiger partial charge in [0.15, 0.2) is 11.5 Å². The summed E-state index contributed by atoms with van der Waals surface area (Å²) in [5.41, 5.74) is -2.66. The minimum absolute atomic E-state index is 0.0509. The summed E-state index contributed by atoms with van der Waals surface area (Å²) >= 11 is 0. The van der Waals surface area contributed by atoms with Crippen molar-refractivity contribution in [3.05, 3.63) is 131 Å². The maximum atomic E-state index is 12.7. The van der Waals surface area contributed by atoms with Crippen LogP contribution in [0.5, 0.6) is 23.0 Å². The van der Waals surface area contributed by atoms with Gasteiger partial charge in [-0.05, 0) is 47.2 Å². The molecule has 10 heteroatoms. The van der Waals surface area contributed by atoms with Gasteiger partial charge in [0.1, 0.15) is 22.6 Å². The standard InChI is InChI=1S/C36H22O10/c37-33(38)25-17-15-23(31(29(25)35(41)42)45-27-13-5-9-19-7-1-3-11-21(19)27)24-16-18-26(34(39)40)30(36(43)44)32(24)46-28-14-6-10-20-8-2-4-12-22(20)28/h1-18H,(H,37,38)(H,39,40)(H,41,42)(H,43,44). The largest absolute Gasteiger partial charge is 0.478 e. The summed E-state index contributed by atoms with van der Waals surface area (Å²) in [6, 6.07) is 29.0. The third-order valence-corrected chi connectivity index (χ3v) is 7.42. The molecule has 10 nitrogen and oxygen atoms in total. The topological polar surface area (TPSA) is 168 Å². The summed E-state index contributed by atoms with van der Waals surface area (Å²) in [6.07, 6.45) is 0. The van der Waals surface area contributed by atoms with Gasteiger partial charge in [-0.25, -0.2) is 19.2 Å². The van der Waals surface area contributed by atoms with E-state index in [1.165, 1.54) is 12.1 Å². The van der Waals surface area contributed by atoms with Crippen molar-refractivity contribution in [2.24, 2.45) is 0 Å². The van der Waals surface area contributed by atoms with Crippen molar-refractivity contribution in [3.8, 4) is 34.1 Å².